The van der Waals surface area contributed by atoms with Crippen LogP contribution in [-0.4, -0.2) is 39.7 Å². The second-order valence-electron chi connectivity index (χ2n) is 8.55. The quantitative estimate of drug-likeness (QED) is 0.286. The molecule has 184 valence electrons. The Kier molecular flexibility index (Phi) is 6.94. The molecule has 0 bridgehead atoms. The van der Waals surface area contributed by atoms with Gasteiger partial charge >= 0.3 is 6.03 Å². The number of carbonyl (C=O) groups is 2. The largest absolute Gasteiger partial charge is 0.322 e. The monoisotopic (exact) mass is 489 g/mol. The van der Waals surface area contributed by atoms with Gasteiger partial charge in [-0.25, -0.2) is 9.48 Å². The summed E-state index contributed by atoms with van der Waals surface area (Å²) in [4.78, 5) is 27.6. The van der Waals surface area contributed by atoms with E-state index in [-0.39, 0.29) is 18.5 Å². The standard InChI is InChI=1S/C30H27N5O2/c1-2-34(30(37)31-26-19-11-15-22-12-9-10-18-25(22)26)21-29(36)32-28-20-27(23-13-5-3-6-14-23)33-35(28)24-16-7-4-8-17-24/h3-20H,2,21H2,1H3,(H,31,37)(H,32,36). The van der Waals surface area contributed by atoms with Gasteiger partial charge in [-0.3, -0.25) is 4.79 Å². The molecule has 0 aliphatic rings. The number of anilines is 2. The van der Waals surface area contributed by atoms with Crippen LogP contribution in [-0.2, 0) is 4.79 Å². The van der Waals surface area contributed by atoms with Crippen LogP contribution < -0.4 is 10.6 Å². The molecule has 0 aliphatic carbocycles. The average Bonchev–Trinajstić information content (AvgIpc) is 3.36. The first-order chi connectivity index (χ1) is 18.1. The Bertz CT molecular complexity index is 1520. The molecule has 0 radical (unpaired) electrons. The fraction of sp³-hybridized carbons (Fsp3) is 0.100. The summed E-state index contributed by atoms with van der Waals surface area (Å²) in [6.45, 7) is 2.11. The van der Waals surface area contributed by atoms with Crippen molar-refractivity contribution in [3.63, 3.8) is 0 Å². The molecule has 1 heterocycles. The van der Waals surface area contributed by atoms with E-state index in [9.17, 15) is 9.59 Å². The zero-order valence-corrected chi connectivity index (χ0v) is 20.5. The van der Waals surface area contributed by atoms with E-state index in [0.29, 0.717) is 18.1 Å². The molecule has 5 rings (SSSR count). The van der Waals surface area contributed by atoms with E-state index in [1.807, 2.05) is 116 Å². The van der Waals surface area contributed by atoms with Crippen molar-refractivity contribution < 1.29 is 9.59 Å². The molecule has 0 saturated carbocycles. The summed E-state index contributed by atoms with van der Waals surface area (Å²) in [5.74, 6) is 0.215. The third-order valence-electron chi connectivity index (χ3n) is 6.08. The first kappa shape index (κ1) is 23.8. The van der Waals surface area contributed by atoms with Crippen LogP contribution in [0.5, 0.6) is 0 Å². The van der Waals surface area contributed by atoms with Crippen molar-refractivity contribution in [2.45, 2.75) is 6.92 Å². The number of nitrogens with zero attached hydrogens (tertiary/aromatic N) is 3. The lowest BCUT2D eigenvalue weighted by molar-refractivity contribution is -0.116. The fourth-order valence-electron chi connectivity index (χ4n) is 4.20. The van der Waals surface area contributed by atoms with Crippen molar-refractivity contribution >= 4 is 34.2 Å². The second kappa shape index (κ2) is 10.8. The third kappa shape index (κ3) is 5.36. The molecule has 5 aromatic rings. The van der Waals surface area contributed by atoms with Crippen molar-refractivity contribution in [2.24, 2.45) is 0 Å². The molecule has 3 amide bonds. The minimum absolute atomic E-state index is 0.103. The topological polar surface area (TPSA) is 79.3 Å². The van der Waals surface area contributed by atoms with Crippen molar-refractivity contribution in [3.8, 4) is 16.9 Å². The fourth-order valence-corrected chi connectivity index (χ4v) is 4.20. The molecule has 7 heteroatoms. The van der Waals surface area contributed by atoms with Crippen LogP contribution >= 0.6 is 0 Å². The van der Waals surface area contributed by atoms with E-state index in [1.165, 1.54) is 4.90 Å². The van der Waals surface area contributed by atoms with Crippen molar-refractivity contribution in [1.82, 2.24) is 14.7 Å². The molecule has 0 atom stereocenters. The molecule has 37 heavy (non-hydrogen) atoms. The number of para-hydroxylation sites is 1. The summed E-state index contributed by atoms with van der Waals surface area (Å²) < 4.78 is 1.70. The van der Waals surface area contributed by atoms with Crippen LogP contribution in [0.15, 0.2) is 109 Å². The van der Waals surface area contributed by atoms with Gasteiger partial charge in [0.1, 0.15) is 12.4 Å². The molecular weight excluding hydrogens is 462 g/mol. The lowest BCUT2D eigenvalue weighted by Gasteiger charge is -2.21. The number of nitrogens with one attached hydrogen (secondary N) is 2. The third-order valence-corrected chi connectivity index (χ3v) is 6.08. The van der Waals surface area contributed by atoms with Crippen LogP contribution in [0, 0.1) is 0 Å². The number of carbonyl (C=O) groups excluding carboxylic acids is 2. The van der Waals surface area contributed by atoms with Gasteiger partial charge in [-0.05, 0) is 30.5 Å². The maximum absolute atomic E-state index is 13.1. The van der Waals surface area contributed by atoms with Crippen LogP contribution in [0.25, 0.3) is 27.7 Å². The molecular formula is C30H27N5O2. The van der Waals surface area contributed by atoms with Gasteiger partial charge < -0.3 is 15.5 Å². The number of benzene rings is 4. The van der Waals surface area contributed by atoms with Crippen LogP contribution in [0.4, 0.5) is 16.3 Å². The zero-order chi connectivity index (χ0) is 25.6. The Morgan fingerprint density at radius 1 is 0.811 bits per heavy atom. The molecule has 2 N–H and O–H groups in total. The molecule has 0 spiro atoms. The van der Waals surface area contributed by atoms with Gasteiger partial charge in [0, 0.05) is 23.6 Å². The van der Waals surface area contributed by atoms with E-state index in [1.54, 1.807) is 4.68 Å². The predicted molar refractivity (Wildman–Crippen MR) is 148 cm³/mol. The van der Waals surface area contributed by atoms with Crippen LogP contribution in [0.1, 0.15) is 6.92 Å². The summed E-state index contributed by atoms with van der Waals surface area (Å²) in [5, 5.41) is 12.6. The number of aromatic nitrogens is 2. The Morgan fingerprint density at radius 2 is 1.49 bits per heavy atom. The van der Waals surface area contributed by atoms with E-state index in [4.69, 9.17) is 5.10 Å². The lowest BCUT2D eigenvalue weighted by atomic mass is 10.1. The van der Waals surface area contributed by atoms with Gasteiger partial charge in [-0.15, -0.1) is 0 Å². The number of amides is 3. The van der Waals surface area contributed by atoms with Crippen molar-refractivity contribution in [3.05, 3.63) is 109 Å². The first-order valence-electron chi connectivity index (χ1n) is 12.2. The molecule has 7 nitrogen and oxygen atoms in total. The van der Waals surface area contributed by atoms with Gasteiger partial charge in [0.2, 0.25) is 5.91 Å². The molecule has 0 saturated heterocycles. The first-order valence-corrected chi connectivity index (χ1v) is 12.2. The number of hydrogen-bond acceptors (Lipinski definition) is 3. The van der Waals surface area contributed by atoms with Crippen LogP contribution in [0.2, 0.25) is 0 Å². The van der Waals surface area contributed by atoms with E-state index >= 15 is 0 Å². The van der Waals surface area contributed by atoms with Crippen molar-refractivity contribution in [2.75, 3.05) is 23.7 Å². The summed E-state index contributed by atoms with van der Waals surface area (Å²) in [5.41, 5.74) is 3.20. The van der Waals surface area contributed by atoms with Gasteiger partial charge in [0.15, 0.2) is 0 Å². The number of likely N-dealkylation sites (N-methyl/N-ethyl adjacent to an activating group) is 1. The Labute approximate surface area is 215 Å². The molecule has 0 unspecified atom stereocenters. The summed E-state index contributed by atoms with van der Waals surface area (Å²) in [6.07, 6.45) is 0. The average molecular weight is 490 g/mol. The minimum atomic E-state index is -0.337. The highest BCUT2D eigenvalue weighted by molar-refractivity contribution is 6.03. The van der Waals surface area contributed by atoms with E-state index < -0.39 is 0 Å². The van der Waals surface area contributed by atoms with Crippen molar-refractivity contribution in [1.29, 1.82) is 0 Å². The SMILES string of the molecule is CCN(CC(=O)Nc1cc(-c2ccccc2)nn1-c1ccccc1)C(=O)Nc1cccc2ccccc12. The highest BCUT2D eigenvalue weighted by Crippen LogP contribution is 2.25. The lowest BCUT2D eigenvalue weighted by Crippen LogP contribution is -2.40. The van der Waals surface area contributed by atoms with E-state index in [2.05, 4.69) is 10.6 Å². The number of rotatable bonds is 7. The molecule has 0 fully saturated rings. The molecule has 0 aliphatic heterocycles. The molecule has 1 aromatic heterocycles. The molecule has 4 aromatic carbocycles. The second-order valence-corrected chi connectivity index (χ2v) is 8.55. The Morgan fingerprint density at radius 3 is 2.24 bits per heavy atom. The summed E-state index contributed by atoms with van der Waals surface area (Å²) in [7, 11) is 0. The van der Waals surface area contributed by atoms with Gasteiger partial charge in [0.25, 0.3) is 0 Å². The normalized spacial score (nSPS) is 10.7. The van der Waals surface area contributed by atoms with Gasteiger partial charge in [-0.2, -0.15) is 5.10 Å². The zero-order valence-electron chi connectivity index (χ0n) is 20.5. The highest BCUT2D eigenvalue weighted by Gasteiger charge is 2.19. The number of hydrogen-bond donors (Lipinski definition) is 2. The van der Waals surface area contributed by atoms with Crippen LogP contribution in [0.3, 0.4) is 0 Å². The summed E-state index contributed by atoms with van der Waals surface area (Å²) in [6, 6.07) is 34.5. The number of fused-ring (bicyclic) bond motifs is 1. The summed E-state index contributed by atoms with van der Waals surface area (Å²) >= 11 is 0. The Balaban J connectivity index is 1.34. The maximum atomic E-state index is 13.1. The van der Waals surface area contributed by atoms with Gasteiger partial charge in [0.05, 0.1) is 17.1 Å². The smallest absolute Gasteiger partial charge is 0.315 e. The van der Waals surface area contributed by atoms with Gasteiger partial charge in [-0.1, -0.05) is 84.9 Å². The maximum Gasteiger partial charge on any atom is 0.322 e. The number of urea groups is 1. The minimum Gasteiger partial charge on any atom is -0.315 e. The predicted octanol–water partition coefficient (Wildman–Crippen LogP) is 6.19. The Hall–Kier alpha value is -4.91. The highest BCUT2D eigenvalue weighted by atomic mass is 16.2. The van der Waals surface area contributed by atoms with E-state index in [0.717, 1.165) is 27.7 Å².